The van der Waals surface area contributed by atoms with Crippen LogP contribution in [0.5, 0.6) is 0 Å². The maximum atomic E-state index is 9.95. The number of hydrazine groups is 1. The molecule has 0 aliphatic heterocycles. The Morgan fingerprint density at radius 1 is 1.55 bits per heavy atom. The van der Waals surface area contributed by atoms with Crippen LogP contribution < -0.4 is 5.43 Å². The van der Waals surface area contributed by atoms with E-state index in [4.69, 9.17) is 0 Å². The van der Waals surface area contributed by atoms with E-state index in [1.807, 2.05) is 5.43 Å². The van der Waals surface area contributed by atoms with Gasteiger partial charge >= 0.3 is 0 Å². The molecule has 58 valence electrons. The van der Waals surface area contributed by atoms with E-state index in [0.717, 1.165) is 0 Å². The summed E-state index contributed by atoms with van der Waals surface area (Å²) in [5.74, 6) is 0. The smallest absolute Gasteiger partial charge is 0.162 e. The molecule has 1 aromatic rings. The molecule has 0 saturated heterocycles. The van der Waals surface area contributed by atoms with Crippen molar-refractivity contribution in [3.8, 4) is 0 Å². The number of anilines is 1. The molecule has 0 amide bonds. The third kappa shape index (κ3) is 2.46. The van der Waals surface area contributed by atoms with Gasteiger partial charge in [-0.05, 0) is 18.2 Å². The van der Waals surface area contributed by atoms with Crippen LogP contribution in [0.4, 0.5) is 5.69 Å². The average Bonchev–Trinajstić information content (AvgIpc) is 1.85. The molecule has 0 unspecified atom stereocenters. The molecular formula is C6H6N2O2S. The molecule has 0 aliphatic carbocycles. The lowest BCUT2D eigenvalue weighted by molar-refractivity contribution is -0.445. The van der Waals surface area contributed by atoms with Crippen molar-refractivity contribution in [3.05, 3.63) is 34.4 Å². The van der Waals surface area contributed by atoms with Crippen LogP contribution in [0.1, 0.15) is 0 Å². The lowest BCUT2D eigenvalue weighted by Gasteiger charge is -1.96. The van der Waals surface area contributed by atoms with Gasteiger partial charge in [0, 0.05) is 4.90 Å². The summed E-state index contributed by atoms with van der Waals surface area (Å²) in [4.78, 5) is 10.6. The second-order valence-electron chi connectivity index (χ2n) is 1.92. The molecule has 0 aromatic heterocycles. The quantitative estimate of drug-likeness (QED) is 0.402. The maximum absolute atomic E-state index is 9.95. The van der Waals surface area contributed by atoms with Gasteiger partial charge in [0.05, 0.1) is 0 Å². The number of nitrogens with one attached hydrogen (secondary N) is 1. The van der Waals surface area contributed by atoms with Crippen LogP contribution in [-0.2, 0) is 0 Å². The highest BCUT2D eigenvalue weighted by Gasteiger charge is 1.96. The normalized spacial score (nSPS) is 9.18. The molecule has 4 nitrogen and oxygen atoms in total. The molecule has 0 aliphatic rings. The third-order valence-corrected chi connectivity index (χ3v) is 1.34. The summed E-state index contributed by atoms with van der Waals surface area (Å²) < 4.78 is 0. The van der Waals surface area contributed by atoms with E-state index in [9.17, 15) is 10.1 Å². The first-order valence-electron chi connectivity index (χ1n) is 2.88. The van der Waals surface area contributed by atoms with Crippen LogP contribution in [0, 0.1) is 10.1 Å². The van der Waals surface area contributed by atoms with E-state index in [0.29, 0.717) is 10.6 Å². The lowest BCUT2D eigenvalue weighted by atomic mass is 10.3. The van der Waals surface area contributed by atoms with Gasteiger partial charge in [0.15, 0.2) is 5.03 Å². The monoisotopic (exact) mass is 170 g/mol. The third-order valence-electron chi connectivity index (χ3n) is 1.07. The zero-order chi connectivity index (χ0) is 8.27. The van der Waals surface area contributed by atoms with Crippen molar-refractivity contribution in [2.75, 3.05) is 5.43 Å². The molecule has 0 spiro atoms. The number of hydrogen-bond donors (Lipinski definition) is 2. The number of rotatable bonds is 2. The predicted molar refractivity (Wildman–Crippen MR) is 44.3 cm³/mol. The fourth-order valence-corrected chi connectivity index (χ4v) is 0.906. The number of nitro groups is 1. The minimum absolute atomic E-state index is 0.433. The van der Waals surface area contributed by atoms with Gasteiger partial charge in [-0.1, -0.05) is 6.07 Å². The molecular weight excluding hydrogens is 164 g/mol. The van der Waals surface area contributed by atoms with E-state index in [2.05, 4.69) is 12.6 Å². The fraction of sp³-hybridized carbons (Fsp3) is 0. The Labute approximate surface area is 68.8 Å². The summed E-state index contributed by atoms with van der Waals surface area (Å²) in [7, 11) is 0. The molecule has 0 radical (unpaired) electrons. The molecule has 1 aromatic carbocycles. The zero-order valence-corrected chi connectivity index (χ0v) is 6.41. The topological polar surface area (TPSA) is 55.2 Å². The largest absolute Gasteiger partial charge is 0.235 e. The summed E-state index contributed by atoms with van der Waals surface area (Å²) in [6.45, 7) is 0. The van der Waals surface area contributed by atoms with Gasteiger partial charge in [-0.25, -0.2) is 10.1 Å². The maximum Gasteiger partial charge on any atom is 0.162 e. The standard InChI is InChI=1S/C6H6N2O2S/c9-8(10)7-5-2-1-3-6(11)4-5/h1-4,7,11H. The second kappa shape index (κ2) is 3.25. The van der Waals surface area contributed by atoms with Crippen molar-refractivity contribution < 1.29 is 5.03 Å². The SMILES string of the molecule is O=[N+]([O-])Nc1cccc(S)c1. The number of benzene rings is 1. The van der Waals surface area contributed by atoms with E-state index < -0.39 is 5.03 Å². The van der Waals surface area contributed by atoms with E-state index in [-0.39, 0.29) is 0 Å². The Balaban J connectivity index is 2.79. The first kappa shape index (κ1) is 7.87. The summed E-state index contributed by atoms with van der Waals surface area (Å²) in [6, 6.07) is 6.61. The van der Waals surface area contributed by atoms with E-state index in [1.165, 1.54) is 0 Å². The van der Waals surface area contributed by atoms with Gasteiger partial charge in [-0.2, -0.15) is 0 Å². The molecule has 0 atom stereocenters. The van der Waals surface area contributed by atoms with Crippen molar-refractivity contribution >= 4 is 18.3 Å². The van der Waals surface area contributed by atoms with Gasteiger partial charge in [-0.3, -0.25) is 0 Å². The lowest BCUT2D eigenvalue weighted by Crippen LogP contribution is -2.07. The molecule has 11 heavy (non-hydrogen) atoms. The average molecular weight is 170 g/mol. The molecule has 1 N–H and O–H groups in total. The minimum Gasteiger partial charge on any atom is -0.235 e. The summed E-state index contributed by atoms with van der Waals surface area (Å²) in [6.07, 6.45) is 0. The van der Waals surface area contributed by atoms with Crippen molar-refractivity contribution in [1.29, 1.82) is 0 Å². The summed E-state index contributed by atoms with van der Waals surface area (Å²) >= 11 is 4.01. The van der Waals surface area contributed by atoms with Crippen molar-refractivity contribution in [3.63, 3.8) is 0 Å². The Morgan fingerprint density at radius 3 is 2.82 bits per heavy atom. The Bertz CT molecular complexity index is 277. The first-order chi connectivity index (χ1) is 5.18. The Kier molecular flexibility index (Phi) is 2.32. The van der Waals surface area contributed by atoms with Gasteiger partial charge < -0.3 is 0 Å². The molecule has 0 saturated carbocycles. The van der Waals surface area contributed by atoms with Gasteiger partial charge in [0.25, 0.3) is 0 Å². The number of nitrogens with zero attached hydrogens (tertiary/aromatic N) is 1. The van der Waals surface area contributed by atoms with Gasteiger partial charge in [-0.15, -0.1) is 18.1 Å². The van der Waals surface area contributed by atoms with Crippen molar-refractivity contribution in [2.24, 2.45) is 0 Å². The minimum atomic E-state index is -0.609. The molecule has 0 bridgehead atoms. The summed E-state index contributed by atoms with van der Waals surface area (Å²) in [5.41, 5.74) is 2.45. The zero-order valence-electron chi connectivity index (χ0n) is 5.52. The van der Waals surface area contributed by atoms with Crippen LogP contribution >= 0.6 is 12.6 Å². The number of thiol groups is 1. The van der Waals surface area contributed by atoms with Crippen LogP contribution in [0.3, 0.4) is 0 Å². The number of hydrogen-bond acceptors (Lipinski definition) is 3. The van der Waals surface area contributed by atoms with E-state index in [1.54, 1.807) is 24.3 Å². The second-order valence-corrected chi connectivity index (χ2v) is 2.44. The van der Waals surface area contributed by atoms with Crippen LogP contribution in [-0.4, -0.2) is 5.03 Å². The van der Waals surface area contributed by atoms with Crippen LogP contribution in [0.25, 0.3) is 0 Å². The Hall–Kier alpha value is -1.23. The van der Waals surface area contributed by atoms with Crippen LogP contribution in [0.15, 0.2) is 29.2 Å². The predicted octanol–water partition coefficient (Wildman–Crippen LogP) is 1.58. The summed E-state index contributed by atoms with van der Waals surface area (Å²) in [5, 5.41) is 9.34. The highest BCUT2D eigenvalue weighted by atomic mass is 32.1. The molecule has 0 heterocycles. The fourth-order valence-electron chi connectivity index (χ4n) is 0.681. The molecule has 0 fully saturated rings. The van der Waals surface area contributed by atoms with E-state index >= 15 is 0 Å². The highest BCUT2D eigenvalue weighted by molar-refractivity contribution is 7.80. The van der Waals surface area contributed by atoms with Gasteiger partial charge in [0.2, 0.25) is 0 Å². The molecule has 1 rings (SSSR count). The van der Waals surface area contributed by atoms with Gasteiger partial charge in [0.1, 0.15) is 5.69 Å². The van der Waals surface area contributed by atoms with Crippen LogP contribution in [0.2, 0.25) is 0 Å². The molecule has 5 heteroatoms. The van der Waals surface area contributed by atoms with Crippen molar-refractivity contribution in [1.82, 2.24) is 0 Å². The highest BCUT2D eigenvalue weighted by Crippen LogP contribution is 2.12. The first-order valence-corrected chi connectivity index (χ1v) is 3.33. The Morgan fingerprint density at radius 2 is 2.27 bits per heavy atom. The van der Waals surface area contributed by atoms with Crippen molar-refractivity contribution in [2.45, 2.75) is 4.90 Å².